The van der Waals surface area contributed by atoms with Crippen molar-refractivity contribution in [3.63, 3.8) is 0 Å². The highest BCUT2D eigenvalue weighted by molar-refractivity contribution is 6.30. The summed E-state index contributed by atoms with van der Waals surface area (Å²) in [5.41, 5.74) is 7.49. The van der Waals surface area contributed by atoms with Crippen molar-refractivity contribution in [2.45, 2.75) is 18.4 Å². The molecule has 2 atom stereocenters. The Morgan fingerprint density at radius 2 is 2.21 bits per heavy atom. The van der Waals surface area contributed by atoms with Gasteiger partial charge in [0.05, 0.1) is 5.92 Å². The predicted molar refractivity (Wildman–Crippen MR) is 53.4 cm³/mol. The summed E-state index contributed by atoms with van der Waals surface area (Å²) in [5, 5.41) is 9.56. The van der Waals surface area contributed by atoms with Gasteiger partial charge < -0.3 is 10.8 Å². The highest BCUT2D eigenvalue weighted by atomic mass is 35.5. The van der Waals surface area contributed by atoms with Crippen molar-refractivity contribution in [2.75, 3.05) is 0 Å². The second kappa shape index (κ2) is 3.26. The van der Waals surface area contributed by atoms with Crippen LogP contribution in [0.4, 0.5) is 0 Å². The molecule has 0 bridgehead atoms. The van der Waals surface area contributed by atoms with E-state index < -0.39 is 11.9 Å². The minimum atomic E-state index is -0.818. The molecule has 1 aliphatic rings. The van der Waals surface area contributed by atoms with E-state index in [4.69, 9.17) is 22.4 Å². The van der Waals surface area contributed by atoms with Crippen LogP contribution in [-0.2, 0) is 4.79 Å². The molecule has 0 saturated carbocycles. The molecule has 3 N–H and O–H groups in total. The van der Waals surface area contributed by atoms with Crippen LogP contribution in [0.2, 0.25) is 5.02 Å². The first-order valence-corrected chi connectivity index (χ1v) is 4.75. The van der Waals surface area contributed by atoms with Crippen molar-refractivity contribution in [3.05, 3.63) is 34.3 Å². The second-order valence-electron chi connectivity index (χ2n) is 3.51. The highest BCUT2D eigenvalue weighted by Crippen LogP contribution is 2.40. The Balaban J connectivity index is 2.49. The first-order valence-electron chi connectivity index (χ1n) is 4.37. The Hall–Kier alpha value is -1.06. The predicted octanol–water partition coefficient (Wildman–Crippen LogP) is 1.91. The van der Waals surface area contributed by atoms with Crippen LogP contribution in [0.25, 0.3) is 0 Å². The Bertz CT molecular complexity index is 392. The van der Waals surface area contributed by atoms with Gasteiger partial charge in [-0.25, -0.2) is 0 Å². The Morgan fingerprint density at radius 1 is 1.50 bits per heavy atom. The summed E-state index contributed by atoms with van der Waals surface area (Å²) in [6.07, 6.45) is 0.463. The van der Waals surface area contributed by atoms with E-state index in [1.165, 1.54) is 0 Å². The van der Waals surface area contributed by atoms with Gasteiger partial charge in [-0.2, -0.15) is 0 Å². The summed E-state index contributed by atoms with van der Waals surface area (Å²) in [6, 6.07) is 5.01. The third-order valence-electron chi connectivity index (χ3n) is 2.61. The summed E-state index contributed by atoms with van der Waals surface area (Å²) in [4.78, 5) is 10.9. The monoisotopic (exact) mass is 211 g/mol. The average Bonchev–Trinajstić information content (AvgIpc) is 2.44. The van der Waals surface area contributed by atoms with E-state index in [2.05, 4.69) is 0 Å². The van der Waals surface area contributed by atoms with E-state index in [1.807, 2.05) is 0 Å². The van der Waals surface area contributed by atoms with E-state index in [9.17, 15) is 4.79 Å². The quantitative estimate of drug-likeness (QED) is 0.746. The highest BCUT2D eigenvalue weighted by Gasteiger charge is 2.33. The molecular formula is C10H10ClNO2. The van der Waals surface area contributed by atoms with Gasteiger partial charge in [-0.1, -0.05) is 17.7 Å². The fourth-order valence-corrected chi connectivity index (χ4v) is 2.11. The smallest absolute Gasteiger partial charge is 0.311 e. The lowest BCUT2D eigenvalue weighted by Gasteiger charge is -2.04. The van der Waals surface area contributed by atoms with E-state index in [-0.39, 0.29) is 6.04 Å². The molecule has 0 saturated heterocycles. The number of benzene rings is 1. The number of hydrogen-bond donors (Lipinski definition) is 2. The molecule has 1 aromatic carbocycles. The van der Waals surface area contributed by atoms with Crippen molar-refractivity contribution < 1.29 is 9.90 Å². The number of halogens is 1. The fourth-order valence-electron chi connectivity index (χ4n) is 1.93. The van der Waals surface area contributed by atoms with Gasteiger partial charge in [0, 0.05) is 11.1 Å². The zero-order valence-corrected chi connectivity index (χ0v) is 8.16. The van der Waals surface area contributed by atoms with E-state index >= 15 is 0 Å². The van der Waals surface area contributed by atoms with Crippen molar-refractivity contribution in [1.29, 1.82) is 0 Å². The second-order valence-corrected chi connectivity index (χ2v) is 3.94. The number of rotatable bonds is 1. The van der Waals surface area contributed by atoms with Crippen molar-refractivity contribution >= 4 is 17.6 Å². The third-order valence-corrected chi connectivity index (χ3v) is 2.85. The van der Waals surface area contributed by atoms with Crippen LogP contribution >= 0.6 is 11.6 Å². The molecule has 4 heteroatoms. The molecular weight excluding hydrogens is 202 g/mol. The molecule has 1 aromatic rings. The van der Waals surface area contributed by atoms with Gasteiger partial charge >= 0.3 is 5.97 Å². The molecule has 0 aromatic heterocycles. The number of nitrogens with two attached hydrogens (primary N) is 1. The summed E-state index contributed by atoms with van der Waals surface area (Å²) in [6.45, 7) is 0. The summed E-state index contributed by atoms with van der Waals surface area (Å²) in [5.74, 6) is -1.29. The molecule has 0 heterocycles. The minimum Gasteiger partial charge on any atom is -0.481 e. The maximum absolute atomic E-state index is 10.9. The SMILES string of the molecule is NC1CC(C(=O)O)c2ccc(Cl)cc21. The zero-order valence-electron chi connectivity index (χ0n) is 7.40. The molecule has 2 rings (SSSR count). The van der Waals surface area contributed by atoms with Crippen LogP contribution in [0, 0.1) is 0 Å². The Kier molecular flexibility index (Phi) is 2.21. The molecule has 2 unspecified atom stereocenters. The first kappa shape index (κ1) is 9.49. The number of carboxylic acid groups (broad SMARTS) is 1. The summed E-state index contributed by atoms with van der Waals surface area (Å²) in [7, 11) is 0. The molecule has 14 heavy (non-hydrogen) atoms. The number of carboxylic acids is 1. The van der Waals surface area contributed by atoms with Gasteiger partial charge in [0.15, 0.2) is 0 Å². The van der Waals surface area contributed by atoms with Crippen LogP contribution < -0.4 is 5.73 Å². The largest absolute Gasteiger partial charge is 0.481 e. The number of aliphatic carboxylic acids is 1. The van der Waals surface area contributed by atoms with Crippen molar-refractivity contribution in [3.8, 4) is 0 Å². The maximum atomic E-state index is 10.9. The van der Waals surface area contributed by atoms with E-state index in [1.54, 1.807) is 18.2 Å². The molecule has 0 aliphatic heterocycles. The molecule has 0 spiro atoms. The van der Waals surface area contributed by atoms with Gasteiger partial charge in [0.25, 0.3) is 0 Å². The molecule has 0 amide bonds. The molecule has 0 fully saturated rings. The lowest BCUT2D eigenvalue weighted by Crippen LogP contribution is -2.10. The topological polar surface area (TPSA) is 63.3 Å². The Morgan fingerprint density at radius 3 is 2.86 bits per heavy atom. The van der Waals surface area contributed by atoms with Crippen LogP contribution in [-0.4, -0.2) is 11.1 Å². The van der Waals surface area contributed by atoms with Crippen LogP contribution in [0.3, 0.4) is 0 Å². The molecule has 74 valence electrons. The van der Waals surface area contributed by atoms with Crippen molar-refractivity contribution in [1.82, 2.24) is 0 Å². The maximum Gasteiger partial charge on any atom is 0.311 e. The van der Waals surface area contributed by atoms with Gasteiger partial charge in [-0.15, -0.1) is 0 Å². The summed E-state index contributed by atoms with van der Waals surface area (Å²) < 4.78 is 0. The van der Waals surface area contributed by atoms with Crippen LogP contribution in [0.1, 0.15) is 29.5 Å². The summed E-state index contributed by atoms with van der Waals surface area (Å²) >= 11 is 5.81. The zero-order chi connectivity index (χ0) is 10.3. The fraction of sp³-hybridized carbons (Fsp3) is 0.300. The normalized spacial score (nSPS) is 24.7. The molecule has 0 radical (unpaired) electrons. The number of hydrogen-bond acceptors (Lipinski definition) is 2. The van der Waals surface area contributed by atoms with E-state index in [0.717, 1.165) is 11.1 Å². The van der Waals surface area contributed by atoms with Crippen molar-refractivity contribution in [2.24, 2.45) is 5.73 Å². The third kappa shape index (κ3) is 1.38. The number of fused-ring (bicyclic) bond motifs is 1. The molecule has 3 nitrogen and oxygen atoms in total. The Labute approximate surface area is 86.5 Å². The minimum absolute atomic E-state index is 0.204. The van der Waals surface area contributed by atoms with E-state index in [0.29, 0.717) is 11.4 Å². The van der Waals surface area contributed by atoms with Gasteiger partial charge in [-0.05, 0) is 29.7 Å². The average molecular weight is 212 g/mol. The van der Waals surface area contributed by atoms with Gasteiger partial charge in [0.2, 0.25) is 0 Å². The molecule has 1 aliphatic carbocycles. The lowest BCUT2D eigenvalue weighted by atomic mass is 10.0. The van der Waals surface area contributed by atoms with Crippen LogP contribution in [0.15, 0.2) is 18.2 Å². The van der Waals surface area contributed by atoms with Crippen LogP contribution in [0.5, 0.6) is 0 Å². The standard InChI is InChI=1S/C10H10ClNO2/c11-5-1-2-6-7(3-5)9(12)4-8(6)10(13)14/h1-3,8-9H,4,12H2,(H,13,14). The first-order chi connectivity index (χ1) is 6.59. The lowest BCUT2D eigenvalue weighted by molar-refractivity contribution is -0.138. The van der Waals surface area contributed by atoms with Gasteiger partial charge in [0.1, 0.15) is 0 Å². The number of carbonyl (C=O) groups is 1. The van der Waals surface area contributed by atoms with Gasteiger partial charge in [-0.3, -0.25) is 4.79 Å².